The summed E-state index contributed by atoms with van der Waals surface area (Å²) in [6, 6.07) is 13.5. The highest BCUT2D eigenvalue weighted by Gasteiger charge is 2.23. The molecule has 0 unspecified atom stereocenters. The highest BCUT2D eigenvalue weighted by molar-refractivity contribution is 5.81. The number of benzene rings is 2. The Bertz CT molecular complexity index is 736. The summed E-state index contributed by atoms with van der Waals surface area (Å²) in [6.07, 6.45) is 2.19. The van der Waals surface area contributed by atoms with Gasteiger partial charge < -0.3 is 0 Å². The highest BCUT2D eigenvalue weighted by Crippen LogP contribution is 2.39. The second-order valence-electron chi connectivity index (χ2n) is 4.43. The summed E-state index contributed by atoms with van der Waals surface area (Å²) in [5.74, 6) is 0. The number of nitriles is 1. The van der Waals surface area contributed by atoms with E-state index in [1.807, 2.05) is 36.4 Å². The van der Waals surface area contributed by atoms with Crippen LogP contribution in [-0.4, -0.2) is 10.2 Å². The Morgan fingerprint density at radius 3 is 2.70 bits per heavy atom. The van der Waals surface area contributed by atoms with Crippen LogP contribution in [0.15, 0.2) is 42.5 Å². The van der Waals surface area contributed by atoms with Crippen LogP contribution in [0.3, 0.4) is 0 Å². The summed E-state index contributed by atoms with van der Waals surface area (Å²) in [6.45, 7) is 0. The Hall–Kier alpha value is -3.07. The maximum Gasteiger partial charge on any atom is 0.272 e. The number of nitro groups is 1. The fraction of sp³-hybridized carbons (Fsp3) is 0.0714. The van der Waals surface area contributed by atoms with Gasteiger partial charge in [0, 0.05) is 6.42 Å². The molecule has 0 amide bonds. The number of hydrogen-bond donors (Lipinski definition) is 1. The van der Waals surface area contributed by atoms with Crippen molar-refractivity contribution in [3.8, 4) is 17.3 Å². The predicted molar refractivity (Wildman–Crippen MR) is 72.8 cm³/mol. The molecule has 0 aromatic heterocycles. The van der Waals surface area contributed by atoms with E-state index in [1.165, 1.54) is 11.8 Å². The maximum atomic E-state index is 10.7. The lowest BCUT2D eigenvalue weighted by atomic mass is 10.1. The molecule has 20 heavy (non-hydrogen) atoms. The lowest BCUT2D eigenvalue weighted by Crippen LogP contribution is -2.31. The van der Waals surface area contributed by atoms with Crippen molar-refractivity contribution in [3.63, 3.8) is 0 Å². The van der Waals surface area contributed by atoms with Crippen LogP contribution < -0.4 is 5.43 Å². The Balaban J connectivity index is 2.02. The minimum absolute atomic E-state index is 0.304. The van der Waals surface area contributed by atoms with Gasteiger partial charge >= 0.3 is 0 Å². The molecule has 98 valence electrons. The van der Waals surface area contributed by atoms with Gasteiger partial charge in [-0.2, -0.15) is 5.26 Å². The largest absolute Gasteiger partial charge is 0.272 e. The average Bonchev–Trinajstić information content (AvgIpc) is 2.84. The molecule has 1 aliphatic carbocycles. The first-order chi connectivity index (χ1) is 9.70. The van der Waals surface area contributed by atoms with Gasteiger partial charge in [0.2, 0.25) is 0 Å². The van der Waals surface area contributed by atoms with Crippen molar-refractivity contribution in [3.05, 3.63) is 63.7 Å². The Morgan fingerprint density at radius 2 is 1.95 bits per heavy atom. The Kier molecular flexibility index (Phi) is 2.73. The molecule has 0 atom stereocenters. The van der Waals surface area contributed by atoms with Crippen molar-refractivity contribution in [1.29, 1.82) is 5.26 Å². The second kappa shape index (κ2) is 4.55. The summed E-state index contributed by atoms with van der Waals surface area (Å²) in [7, 11) is 0. The van der Waals surface area contributed by atoms with E-state index in [9.17, 15) is 10.1 Å². The predicted octanol–water partition coefficient (Wildman–Crippen LogP) is 2.56. The number of anilines is 1. The molecule has 0 heterocycles. The minimum atomic E-state index is -0.790. The minimum Gasteiger partial charge on any atom is -0.232 e. The zero-order chi connectivity index (χ0) is 14.1. The van der Waals surface area contributed by atoms with Crippen LogP contribution in [0, 0.1) is 21.6 Å². The molecule has 0 spiro atoms. The van der Waals surface area contributed by atoms with Gasteiger partial charge in [-0.15, -0.1) is 0 Å². The van der Waals surface area contributed by atoms with Gasteiger partial charge in [0.15, 0.2) is 5.03 Å². The first-order valence-corrected chi connectivity index (χ1v) is 6.01. The van der Waals surface area contributed by atoms with E-state index in [4.69, 9.17) is 5.26 Å². The van der Waals surface area contributed by atoms with E-state index in [1.54, 1.807) is 6.07 Å². The lowest BCUT2D eigenvalue weighted by Gasteiger charge is -2.11. The smallest absolute Gasteiger partial charge is 0.232 e. The highest BCUT2D eigenvalue weighted by atomic mass is 16.7. The van der Waals surface area contributed by atoms with Gasteiger partial charge in [0.05, 0.1) is 10.8 Å². The summed E-state index contributed by atoms with van der Waals surface area (Å²) < 4.78 is 0. The quantitative estimate of drug-likeness (QED) is 0.341. The average molecular weight is 266 g/mol. The van der Waals surface area contributed by atoms with Gasteiger partial charge in [0.1, 0.15) is 0 Å². The van der Waals surface area contributed by atoms with Crippen LogP contribution in [-0.2, 0) is 6.42 Å². The molecule has 0 saturated heterocycles. The van der Waals surface area contributed by atoms with Gasteiger partial charge in [-0.05, 0) is 28.3 Å². The topological polar surface area (TPSA) is 82.2 Å². The first-order valence-electron chi connectivity index (χ1n) is 6.01. The van der Waals surface area contributed by atoms with E-state index in [0.717, 1.165) is 16.7 Å². The standard InChI is InChI=1S/C14H10N4O2/c15-9-17(18(19)20)16-14-7-3-6-12-11-5-2-1-4-10(11)8-13(12)14/h1-7,16H,8H2. The van der Waals surface area contributed by atoms with E-state index in [0.29, 0.717) is 17.2 Å². The first kappa shape index (κ1) is 12.0. The lowest BCUT2D eigenvalue weighted by molar-refractivity contribution is -0.628. The van der Waals surface area contributed by atoms with Crippen molar-refractivity contribution >= 4 is 5.69 Å². The van der Waals surface area contributed by atoms with Crippen molar-refractivity contribution in [2.75, 3.05) is 5.43 Å². The number of fused-ring (bicyclic) bond motifs is 3. The molecule has 1 N–H and O–H groups in total. The third-order valence-corrected chi connectivity index (χ3v) is 3.34. The fourth-order valence-electron chi connectivity index (χ4n) is 2.48. The van der Waals surface area contributed by atoms with Crippen molar-refractivity contribution in [1.82, 2.24) is 5.12 Å². The van der Waals surface area contributed by atoms with Crippen molar-refractivity contribution < 1.29 is 5.03 Å². The molecule has 2 aromatic carbocycles. The summed E-state index contributed by atoms with van der Waals surface area (Å²) >= 11 is 0. The molecule has 3 rings (SSSR count). The van der Waals surface area contributed by atoms with Crippen LogP contribution >= 0.6 is 0 Å². The van der Waals surface area contributed by atoms with Gasteiger partial charge in [-0.3, -0.25) is 0 Å². The molecule has 0 fully saturated rings. The SMILES string of the molecule is N#CN(Nc1cccc2c1Cc1ccccc1-2)[N+](=O)[O-]. The van der Waals surface area contributed by atoms with Crippen molar-refractivity contribution in [2.24, 2.45) is 0 Å². The van der Waals surface area contributed by atoms with E-state index < -0.39 is 5.03 Å². The maximum absolute atomic E-state index is 10.7. The summed E-state index contributed by atoms with van der Waals surface area (Å²) in [5.41, 5.74) is 7.45. The van der Waals surface area contributed by atoms with E-state index in [2.05, 4.69) is 5.43 Å². The number of nitrogens with zero attached hydrogens (tertiary/aromatic N) is 3. The van der Waals surface area contributed by atoms with Crippen molar-refractivity contribution in [2.45, 2.75) is 6.42 Å². The molecule has 2 aromatic rings. The molecule has 0 bridgehead atoms. The van der Waals surface area contributed by atoms with E-state index >= 15 is 0 Å². The number of nitrogens with one attached hydrogen (secondary N) is 1. The molecular formula is C14H10N4O2. The molecule has 0 saturated carbocycles. The molecule has 1 aliphatic rings. The van der Waals surface area contributed by atoms with Gasteiger partial charge in [0.25, 0.3) is 6.19 Å². The van der Waals surface area contributed by atoms with Crippen LogP contribution in [0.1, 0.15) is 11.1 Å². The number of rotatable bonds is 3. The van der Waals surface area contributed by atoms with Crippen LogP contribution in [0.25, 0.3) is 11.1 Å². The molecule has 6 heteroatoms. The molecule has 6 nitrogen and oxygen atoms in total. The molecule has 0 aliphatic heterocycles. The normalized spacial score (nSPS) is 11.2. The zero-order valence-corrected chi connectivity index (χ0v) is 10.4. The van der Waals surface area contributed by atoms with Gasteiger partial charge in [-0.1, -0.05) is 36.4 Å². The van der Waals surface area contributed by atoms with Crippen LogP contribution in [0.2, 0.25) is 0 Å². The second-order valence-corrected chi connectivity index (χ2v) is 4.43. The van der Waals surface area contributed by atoms with E-state index in [-0.39, 0.29) is 0 Å². The third-order valence-electron chi connectivity index (χ3n) is 3.34. The summed E-state index contributed by atoms with van der Waals surface area (Å²) in [4.78, 5) is 10.7. The number of hydrogen-bond acceptors (Lipinski definition) is 4. The Labute approximate surface area is 115 Å². The third kappa shape index (κ3) is 1.82. The fourth-order valence-corrected chi connectivity index (χ4v) is 2.48. The van der Waals surface area contributed by atoms with Crippen LogP contribution in [0.5, 0.6) is 0 Å². The Morgan fingerprint density at radius 1 is 1.20 bits per heavy atom. The van der Waals surface area contributed by atoms with Gasteiger partial charge in [-0.25, -0.2) is 15.5 Å². The monoisotopic (exact) mass is 266 g/mol. The zero-order valence-electron chi connectivity index (χ0n) is 10.4. The molecule has 0 radical (unpaired) electrons. The summed E-state index contributed by atoms with van der Waals surface area (Å²) in [5, 5.41) is 19.0. The number of hydrazine groups is 2. The van der Waals surface area contributed by atoms with Crippen LogP contribution in [0.4, 0.5) is 5.69 Å². The molecular weight excluding hydrogens is 256 g/mol.